The summed E-state index contributed by atoms with van der Waals surface area (Å²) in [5.41, 5.74) is 6.18. The van der Waals surface area contributed by atoms with E-state index < -0.39 is 15.9 Å². The average molecular weight is 339 g/mol. The fourth-order valence-corrected chi connectivity index (χ4v) is 3.91. The summed E-state index contributed by atoms with van der Waals surface area (Å²) in [5.74, 6) is -0.621. The van der Waals surface area contributed by atoms with Crippen LogP contribution in [-0.2, 0) is 10.0 Å². The molecule has 0 radical (unpaired) electrons. The fraction of sp³-hybridized carbons (Fsp3) is 0.562. The van der Waals surface area contributed by atoms with Gasteiger partial charge in [0.2, 0.25) is 15.9 Å². The maximum Gasteiger partial charge on any atom is 0.249 e. The molecule has 1 aliphatic rings. The molecule has 0 spiro atoms. The van der Waals surface area contributed by atoms with Crippen LogP contribution in [0.1, 0.15) is 41.6 Å². The van der Waals surface area contributed by atoms with Crippen LogP contribution in [0.3, 0.4) is 0 Å². The van der Waals surface area contributed by atoms with Crippen LogP contribution in [-0.4, -0.2) is 45.4 Å². The second-order valence-corrected chi connectivity index (χ2v) is 7.76. The van der Waals surface area contributed by atoms with Crippen molar-refractivity contribution < 1.29 is 13.2 Å². The first-order chi connectivity index (χ1) is 10.9. The molecule has 0 unspecified atom stereocenters. The molecule has 128 valence electrons. The highest BCUT2D eigenvalue weighted by Crippen LogP contribution is 2.15. The topological polar surface area (TPSA) is 92.5 Å². The van der Waals surface area contributed by atoms with Crippen molar-refractivity contribution in [1.82, 2.24) is 9.62 Å². The maximum atomic E-state index is 12.3. The highest BCUT2D eigenvalue weighted by molar-refractivity contribution is 7.89. The molecule has 0 atom stereocenters. The van der Waals surface area contributed by atoms with E-state index in [1.165, 1.54) is 31.4 Å². The zero-order valence-electron chi connectivity index (χ0n) is 13.5. The summed E-state index contributed by atoms with van der Waals surface area (Å²) in [5, 5.41) is 0. The van der Waals surface area contributed by atoms with Gasteiger partial charge in [-0.15, -0.1) is 0 Å². The van der Waals surface area contributed by atoms with Crippen molar-refractivity contribution in [3.8, 4) is 0 Å². The number of carbonyl (C=O) groups is 1. The van der Waals surface area contributed by atoms with E-state index in [9.17, 15) is 13.2 Å². The fourth-order valence-electron chi connectivity index (χ4n) is 2.81. The molecule has 0 aromatic heterocycles. The van der Waals surface area contributed by atoms with E-state index in [0.29, 0.717) is 12.1 Å². The van der Waals surface area contributed by atoms with Gasteiger partial charge in [-0.3, -0.25) is 4.79 Å². The Morgan fingerprint density at radius 1 is 1.26 bits per heavy atom. The van der Waals surface area contributed by atoms with E-state index >= 15 is 0 Å². The molecular weight excluding hydrogens is 314 g/mol. The lowest BCUT2D eigenvalue weighted by Crippen LogP contribution is -2.33. The maximum absolute atomic E-state index is 12.3. The number of nitrogens with two attached hydrogens (primary N) is 1. The predicted molar refractivity (Wildman–Crippen MR) is 89.8 cm³/mol. The zero-order chi connectivity index (χ0) is 16.9. The van der Waals surface area contributed by atoms with Crippen molar-refractivity contribution >= 4 is 15.9 Å². The number of aryl methyl sites for hydroxylation is 1. The minimum absolute atomic E-state index is 0.0786. The van der Waals surface area contributed by atoms with Crippen LogP contribution >= 0.6 is 0 Å². The molecule has 1 aromatic carbocycles. The monoisotopic (exact) mass is 339 g/mol. The molecule has 2 rings (SSSR count). The van der Waals surface area contributed by atoms with E-state index in [0.717, 1.165) is 26.1 Å². The summed E-state index contributed by atoms with van der Waals surface area (Å²) in [6, 6.07) is 4.43. The molecule has 3 N–H and O–H groups in total. The standard InChI is InChI=1S/C16H25N3O3S/c1-13-6-7-14(12-15(13)16(17)20)23(21,22)18-8-5-11-19-9-3-2-4-10-19/h6-7,12,18H,2-5,8-11H2,1H3,(H2,17,20). The van der Waals surface area contributed by atoms with Gasteiger partial charge >= 0.3 is 0 Å². The summed E-state index contributed by atoms with van der Waals surface area (Å²) < 4.78 is 27.2. The summed E-state index contributed by atoms with van der Waals surface area (Å²) in [6.07, 6.45) is 4.52. The summed E-state index contributed by atoms with van der Waals surface area (Å²) in [7, 11) is -3.61. The van der Waals surface area contributed by atoms with Crippen LogP contribution in [0.4, 0.5) is 0 Å². The van der Waals surface area contributed by atoms with Crippen LogP contribution in [0, 0.1) is 6.92 Å². The highest BCUT2D eigenvalue weighted by Gasteiger charge is 2.17. The summed E-state index contributed by atoms with van der Waals surface area (Å²) in [6.45, 7) is 5.23. The van der Waals surface area contributed by atoms with E-state index in [1.54, 1.807) is 13.0 Å². The minimum atomic E-state index is -3.61. The predicted octanol–water partition coefficient (Wildman–Crippen LogP) is 1.25. The molecular formula is C16H25N3O3S. The third-order valence-electron chi connectivity index (χ3n) is 4.18. The number of carbonyl (C=O) groups excluding carboxylic acids is 1. The van der Waals surface area contributed by atoms with E-state index in [-0.39, 0.29) is 10.5 Å². The second-order valence-electron chi connectivity index (χ2n) is 5.99. The van der Waals surface area contributed by atoms with Crippen LogP contribution < -0.4 is 10.5 Å². The molecule has 1 fully saturated rings. The van der Waals surface area contributed by atoms with Gasteiger partial charge in [-0.2, -0.15) is 0 Å². The minimum Gasteiger partial charge on any atom is -0.366 e. The molecule has 1 aliphatic heterocycles. The smallest absolute Gasteiger partial charge is 0.249 e. The van der Waals surface area contributed by atoms with Crippen molar-refractivity contribution in [2.75, 3.05) is 26.2 Å². The Bertz CT molecular complexity index is 653. The quantitative estimate of drug-likeness (QED) is 0.731. The number of primary amides is 1. The van der Waals surface area contributed by atoms with Gasteiger partial charge in [-0.25, -0.2) is 13.1 Å². The largest absolute Gasteiger partial charge is 0.366 e. The second kappa shape index (κ2) is 7.90. The van der Waals surface area contributed by atoms with E-state index in [1.807, 2.05) is 0 Å². The van der Waals surface area contributed by atoms with E-state index in [2.05, 4.69) is 9.62 Å². The lowest BCUT2D eigenvalue weighted by Gasteiger charge is -2.26. The first-order valence-electron chi connectivity index (χ1n) is 8.02. The van der Waals surface area contributed by atoms with Gasteiger partial charge in [0.15, 0.2) is 0 Å². The number of nitrogens with zero attached hydrogens (tertiary/aromatic N) is 1. The van der Waals surface area contributed by atoms with Crippen molar-refractivity contribution in [1.29, 1.82) is 0 Å². The first-order valence-corrected chi connectivity index (χ1v) is 9.51. The van der Waals surface area contributed by atoms with Gasteiger partial charge in [0.05, 0.1) is 4.90 Å². The van der Waals surface area contributed by atoms with Gasteiger partial charge < -0.3 is 10.6 Å². The van der Waals surface area contributed by atoms with Gasteiger partial charge in [0.1, 0.15) is 0 Å². The van der Waals surface area contributed by atoms with Gasteiger partial charge in [-0.1, -0.05) is 12.5 Å². The number of amides is 1. The van der Waals surface area contributed by atoms with Crippen molar-refractivity contribution in [2.24, 2.45) is 5.73 Å². The normalized spacial score (nSPS) is 16.4. The Morgan fingerprint density at radius 3 is 2.61 bits per heavy atom. The Balaban J connectivity index is 1.91. The molecule has 0 aliphatic carbocycles. The zero-order valence-corrected chi connectivity index (χ0v) is 14.4. The molecule has 1 heterocycles. The Morgan fingerprint density at radius 2 is 1.96 bits per heavy atom. The Hall–Kier alpha value is -1.44. The third kappa shape index (κ3) is 5.02. The molecule has 7 heteroatoms. The molecule has 1 saturated heterocycles. The SMILES string of the molecule is Cc1ccc(S(=O)(=O)NCCCN2CCCCC2)cc1C(N)=O. The highest BCUT2D eigenvalue weighted by atomic mass is 32.2. The van der Waals surface area contributed by atoms with Gasteiger partial charge in [0, 0.05) is 12.1 Å². The number of benzene rings is 1. The molecule has 23 heavy (non-hydrogen) atoms. The molecule has 0 saturated carbocycles. The van der Waals surface area contributed by atoms with Crippen molar-refractivity contribution in [3.05, 3.63) is 29.3 Å². The van der Waals surface area contributed by atoms with Gasteiger partial charge in [0.25, 0.3) is 0 Å². The number of hydrogen-bond acceptors (Lipinski definition) is 4. The number of rotatable bonds is 7. The van der Waals surface area contributed by atoms with Crippen LogP contribution in [0.5, 0.6) is 0 Å². The molecule has 6 nitrogen and oxygen atoms in total. The average Bonchev–Trinajstić information content (AvgIpc) is 2.52. The lowest BCUT2D eigenvalue weighted by atomic mass is 10.1. The Kier molecular flexibility index (Phi) is 6.15. The summed E-state index contributed by atoms with van der Waals surface area (Å²) in [4.78, 5) is 13.8. The number of likely N-dealkylation sites (tertiary alicyclic amines) is 1. The molecule has 1 amide bonds. The van der Waals surface area contributed by atoms with Crippen molar-refractivity contribution in [3.63, 3.8) is 0 Å². The number of sulfonamides is 1. The van der Waals surface area contributed by atoms with Crippen LogP contribution in [0.25, 0.3) is 0 Å². The molecule has 0 bridgehead atoms. The number of piperidine rings is 1. The first kappa shape index (κ1) is 17.9. The lowest BCUT2D eigenvalue weighted by molar-refractivity contribution is 0.0999. The van der Waals surface area contributed by atoms with E-state index in [4.69, 9.17) is 5.73 Å². The Labute approximate surface area is 138 Å². The molecule has 1 aromatic rings. The summed E-state index contributed by atoms with van der Waals surface area (Å²) >= 11 is 0. The van der Waals surface area contributed by atoms with Crippen LogP contribution in [0.2, 0.25) is 0 Å². The number of nitrogens with one attached hydrogen (secondary N) is 1. The van der Waals surface area contributed by atoms with Crippen LogP contribution in [0.15, 0.2) is 23.1 Å². The van der Waals surface area contributed by atoms with Crippen molar-refractivity contribution in [2.45, 2.75) is 37.5 Å². The third-order valence-corrected chi connectivity index (χ3v) is 5.64. The number of hydrogen-bond donors (Lipinski definition) is 2. The van der Waals surface area contributed by atoms with Gasteiger partial charge in [-0.05, 0) is 63.5 Å².